The molecule has 2 aromatic carbocycles. The maximum atomic E-state index is 13.4. The topological polar surface area (TPSA) is 67.4 Å². The Morgan fingerprint density at radius 3 is 2.36 bits per heavy atom. The third-order valence-corrected chi connectivity index (χ3v) is 6.14. The number of aromatic nitrogens is 2. The molecular weight excluding hydrogens is 414 g/mol. The quantitative estimate of drug-likeness (QED) is 0.473. The zero-order chi connectivity index (χ0) is 23.6. The summed E-state index contributed by atoms with van der Waals surface area (Å²) >= 11 is 0. The number of carbonyl (C=O) groups is 1. The minimum Gasteiger partial charge on any atom is -0.494 e. The molecule has 0 aliphatic carbocycles. The Labute approximate surface area is 195 Å². The molecule has 0 saturated heterocycles. The van der Waals surface area contributed by atoms with Crippen molar-refractivity contribution in [3.05, 3.63) is 70.9 Å². The lowest BCUT2D eigenvalue weighted by atomic mass is 9.85. The summed E-state index contributed by atoms with van der Waals surface area (Å²) in [6.07, 6.45) is 0.773. The van der Waals surface area contributed by atoms with E-state index in [1.54, 1.807) is 7.11 Å². The molecule has 33 heavy (non-hydrogen) atoms. The van der Waals surface area contributed by atoms with Gasteiger partial charge in [0.05, 0.1) is 18.3 Å². The largest absolute Gasteiger partial charge is 0.494 e. The zero-order valence-electron chi connectivity index (χ0n) is 20.1. The Morgan fingerprint density at radius 2 is 1.76 bits per heavy atom. The predicted molar refractivity (Wildman–Crippen MR) is 130 cm³/mol. The number of nitrogens with one attached hydrogen (secondary N) is 1. The van der Waals surface area contributed by atoms with Crippen molar-refractivity contribution in [2.75, 3.05) is 26.9 Å². The summed E-state index contributed by atoms with van der Waals surface area (Å²) in [7, 11) is 1.69. The van der Waals surface area contributed by atoms with E-state index in [0.717, 1.165) is 34.6 Å². The first-order chi connectivity index (χ1) is 15.8. The number of nitrogens with zero attached hydrogens (tertiary/aromatic N) is 2. The van der Waals surface area contributed by atoms with Crippen molar-refractivity contribution in [1.82, 2.24) is 15.1 Å². The van der Waals surface area contributed by atoms with Crippen LogP contribution in [-0.2, 0) is 10.2 Å². The second-order valence-electron chi connectivity index (χ2n) is 9.44. The standard InChI is InChI=1S/C27H33N3O3/c1-6-33-21-14-10-18(11-15-21)23-22-24(29-28-23)26(31)30(16-7-17-32-5)25(22)19-8-12-20(13-9-19)27(2,3)4/h8-15,25H,6-7,16-17H2,1-5H3,(H,28,29). The van der Waals surface area contributed by atoms with Gasteiger partial charge in [-0.1, -0.05) is 45.0 Å². The number of hydrogen-bond acceptors (Lipinski definition) is 4. The number of rotatable bonds is 8. The van der Waals surface area contributed by atoms with Gasteiger partial charge in [-0.2, -0.15) is 5.10 Å². The van der Waals surface area contributed by atoms with Gasteiger partial charge >= 0.3 is 0 Å². The molecule has 0 spiro atoms. The van der Waals surface area contributed by atoms with E-state index in [1.165, 1.54) is 5.56 Å². The molecule has 0 bridgehead atoms. The normalized spacial score (nSPS) is 15.7. The predicted octanol–water partition coefficient (Wildman–Crippen LogP) is 5.35. The van der Waals surface area contributed by atoms with E-state index in [4.69, 9.17) is 9.47 Å². The first kappa shape index (κ1) is 23.1. The van der Waals surface area contributed by atoms with Crippen molar-refractivity contribution in [3.63, 3.8) is 0 Å². The lowest BCUT2D eigenvalue weighted by Gasteiger charge is -2.27. The molecule has 6 heteroatoms. The third kappa shape index (κ3) is 4.53. The molecule has 1 aromatic heterocycles. The van der Waals surface area contributed by atoms with Crippen molar-refractivity contribution >= 4 is 5.91 Å². The van der Waals surface area contributed by atoms with Crippen LogP contribution in [0.2, 0.25) is 0 Å². The molecule has 1 aliphatic heterocycles. The molecule has 6 nitrogen and oxygen atoms in total. The molecule has 1 atom stereocenters. The molecule has 0 saturated carbocycles. The van der Waals surface area contributed by atoms with E-state index in [9.17, 15) is 4.79 Å². The van der Waals surface area contributed by atoms with Crippen LogP contribution in [0.4, 0.5) is 0 Å². The lowest BCUT2D eigenvalue weighted by molar-refractivity contribution is 0.0723. The van der Waals surface area contributed by atoms with Crippen molar-refractivity contribution in [2.24, 2.45) is 0 Å². The number of amides is 1. The van der Waals surface area contributed by atoms with Crippen LogP contribution in [0, 0.1) is 0 Å². The summed E-state index contributed by atoms with van der Waals surface area (Å²) in [6.45, 7) is 10.4. The fourth-order valence-corrected chi connectivity index (χ4v) is 4.41. The molecule has 1 amide bonds. The van der Waals surface area contributed by atoms with E-state index in [-0.39, 0.29) is 17.4 Å². The van der Waals surface area contributed by atoms with Crippen LogP contribution >= 0.6 is 0 Å². The monoisotopic (exact) mass is 447 g/mol. The molecular formula is C27H33N3O3. The molecule has 3 aromatic rings. The van der Waals surface area contributed by atoms with Crippen molar-refractivity contribution in [1.29, 1.82) is 0 Å². The Balaban J connectivity index is 1.76. The smallest absolute Gasteiger partial charge is 0.273 e. The van der Waals surface area contributed by atoms with Crippen molar-refractivity contribution in [3.8, 4) is 17.0 Å². The van der Waals surface area contributed by atoms with Crippen LogP contribution in [0.1, 0.15) is 67.3 Å². The summed E-state index contributed by atoms with van der Waals surface area (Å²) in [6, 6.07) is 16.3. The summed E-state index contributed by atoms with van der Waals surface area (Å²) in [5.74, 6) is 0.802. The average molecular weight is 448 g/mol. The maximum absolute atomic E-state index is 13.4. The van der Waals surface area contributed by atoms with Gasteiger partial charge in [0.25, 0.3) is 5.91 Å². The first-order valence-electron chi connectivity index (χ1n) is 11.6. The van der Waals surface area contributed by atoms with Crippen molar-refractivity contribution in [2.45, 2.75) is 45.6 Å². The number of ether oxygens (including phenoxy) is 2. The summed E-state index contributed by atoms with van der Waals surface area (Å²) in [5, 5.41) is 7.59. The van der Waals surface area contributed by atoms with Crippen LogP contribution in [0.15, 0.2) is 48.5 Å². The number of carbonyl (C=O) groups excluding carboxylic acids is 1. The van der Waals surface area contributed by atoms with Crippen LogP contribution in [0.5, 0.6) is 5.75 Å². The second-order valence-corrected chi connectivity index (χ2v) is 9.44. The van der Waals surface area contributed by atoms with E-state index in [1.807, 2.05) is 36.1 Å². The average Bonchev–Trinajstić information content (AvgIpc) is 3.34. The van der Waals surface area contributed by atoms with Crippen LogP contribution in [0.3, 0.4) is 0 Å². The summed E-state index contributed by atoms with van der Waals surface area (Å²) in [5.41, 5.74) is 5.68. The Morgan fingerprint density at radius 1 is 1.06 bits per heavy atom. The highest BCUT2D eigenvalue weighted by Crippen LogP contribution is 2.43. The van der Waals surface area contributed by atoms with E-state index >= 15 is 0 Å². The highest BCUT2D eigenvalue weighted by atomic mass is 16.5. The van der Waals surface area contributed by atoms with Crippen LogP contribution in [-0.4, -0.2) is 47.9 Å². The first-order valence-corrected chi connectivity index (χ1v) is 11.6. The Bertz CT molecular complexity index is 1100. The Hall–Kier alpha value is -3.12. The summed E-state index contributed by atoms with van der Waals surface area (Å²) in [4.78, 5) is 15.3. The van der Waals surface area contributed by atoms with E-state index in [0.29, 0.717) is 25.5 Å². The van der Waals surface area contributed by atoms with E-state index < -0.39 is 0 Å². The Kier molecular flexibility index (Phi) is 6.56. The van der Waals surface area contributed by atoms with Gasteiger partial charge in [0, 0.05) is 31.4 Å². The molecule has 1 aliphatic rings. The molecule has 0 fully saturated rings. The SMILES string of the molecule is CCOc1ccc(-c2n[nH]c3c2C(c2ccc(C(C)(C)C)cc2)N(CCCOC)C3=O)cc1. The fraction of sp³-hybridized carbons (Fsp3) is 0.407. The zero-order valence-corrected chi connectivity index (χ0v) is 20.1. The number of hydrogen-bond donors (Lipinski definition) is 1. The highest BCUT2D eigenvalue weighted by Gasteiger charge is 2.41. The van der Waals surface area contributed by atoms with Gasteiger partial charge in [-0.25, -0.2) is 0 Å². The number of methoxy groups -OCH3 is 1. The van der Waals surface area contributed by atoms with Gasteiger partial charge in [0.1, 0.15) is 11.4 Å². The number of aromatic amines is 1. The lowest BCUT2D eigenvalue weighted by Crippen LogP contribution is -2.31. The fourth-order valence-electron chi connectivity index (χ4n) is 4.41. The van der Waals surface area contributed by atoms with Gasteiger partial charge in [-0.3, -0.25) is 9.89 Å². The van der Waals surface area contributed by atoms with Crippen LogP contribution < -0.4 is 4.74 Å². The molecule has 174 valence electrons. The molecule has 0 radical (unpaired) electrons. The van der Waals surface area contributed by atoms with Gasteiger partial charge in [-0.15, -0.1) is 0 Å². The molecule has 2 heterocycles. The minimum absolute atomic E-state index is 0.0179. The van der Waals surface area contributed by atoms with Gasteiger partial charge in [0.15, 0.2) is 0 Å². The second kappa shape index (κ2) is 9.40. The van der Waals surface area contributed by atoms with Gasteiger partial charge in [0.2, 0.25) is 0 Å². The highest BCUT2D eigenvalue weighted by molar-refractivity contribution is 6.00. The molecule has 1 N–H and O–H groups in total. The number of H-pyrrole nitrogens is 1. The molecule has 4 rings (SSSR count). The van der Waals surface area contributed by atoms with E-state index in [2.05, 4.69) is 55.2 Å². The third-order valence-electron chi connectivity index (χ3n) is 6.14. The maximum Gasteiger partial charge on any atom is 0.273 e. The van der Waals surface area contributed by atoms with Crippen LogP contribution in [0.25, 0.3) is 11.3 Å². The van der Waals surface area contributed by atoms with Crippen molar-refractivity contribution < 1.29 is 14.3 Å². The number of benzene rings is 2. The van der Waals surface area contributed by atoms with Gasteiger partial charge < -0.3 is 14.4 Å². The van der Waals surface area contributed by atoms with Gasteiger partial charge in [-0.05, 0) is 54.2 Å². The molecule has 1 unspecified atom stereocenters. The summed E-state index contributed by atoms with van der Waals surface area (Å²) < 4.78 is 10.8. The number of fused-ring (bicyclic) bond motifs is 1. The minimum atomic E-state index is -0.196.